The predicted molar refractivity (Wildman–Crippen MR) is 70.8 cm³/mol. The van der Waals surface area contributed by atoms with Gasteiger partial charge in [0.2, 0.25) is 0 Å². The van der Waals surface area contributed by atoms with Gasteiger partial charge in [-0.3, -0.25) is 0 Å². The first-order valence-corrected chi connectivity index (χ1v) is 6.77. The largest absolute Gasteiger partial charge is 0.389 e. The van der Waals surface area contributed by atoms with Gasteiger partial charge in [0.05, 0.1) is 6.10 Å². The Bertz CT molecular complexity index is 257. The number of rotatable bonds is 6. The molecule has 1 nitrogen and oxygen atoms in total. The Morgan fingerprint density at radius 1 is 1.62 bits per heavy atom. The second kappa shape index (κ2) is 7.13. The van der Waals surface area contributed by atoms with E-state index in [1.54, 1.807) is 0 Å². The number of aliphatic hydroxyl groups is 1. The summed E-state index contributed by atoms with van der Waals surface area (Å²) < 4.78 is 0. The lowest BCUT2D eigenvalue weighted by atomic mass is 9.83. The lowest BCUT2D eigenvalue weighted by Crippen LogP contribution is -2.16. The van der Waals surface area contributed by atoms with Crippen LogP contribution in [0.3, 0.4) is 0 Å². The highest BCUT2D eigenvalue weighted by molar-refractivity contribution is 6.17. The normalized spacial score (nSPS) is 22.7. The highest BCUT2D eigenvalue weighted by atomic mass is 35.5. The van der Waals surface area contributed by atoms with Crippen molar-refractivity contribution in [2.75, 3.05) is 5.88 Å². The summed E-state index contributed by atoms with van der Waals surface area (Å²) in [4.78, 5) is 0. The maximum absolute atomic E-state index is 9.99. The average molecular weight is 243 g/mol. The summed E-state index contributed by atoms with van der Waals surface area (Å²) in [5.74, 6) is 1.32. The van der Waals surface area contributed by atoms with Crippen LogP contribution in [0, 0.1) is 5.92 Å². The van der Waals surface area contributed by atoms with Crippen LogP contribution >= 0.6 is 11.6 Å². The van der Waals surface area contributed by atoms with Gasteiger partial charge in [0, 0.05) is 5.88 Å². The highest BCUT2D eigenvalue weighted by Gasteiger charge is 2.18. The van der Waals surface area contributed by atoms with E-state index in [1.165, 1.54) is 11.1 Å². The van der Waals surface area contributed by atoms with E-state index in [-0.39, 0.29) is 6.10 Å². The summed E-state index contributed by atoms with van der Waals surface area (Å²) in [5.41, 5.74) is 2.50. The maximum atomic E-state index is 9.99. The van der Waals surface area contributed by atoms with Crippen molar-refractivity contribution in [1.82, 2.24) is 0 Å². The van der Waals surface area contributed by atoms with Gasteiger partial charge in [-0.1, -0.05) is 18.2 Å². The van der Waals surface area contributed by atoms with Crippen molar-refractivity contribution in [3.63, 3.8) is 0 Å². The fourth-order valence-electron chi connectivity index (χ4n) is 2.22. The van der Waals surface area contributed by atoms with Crippen molar-refractivity contribution < 1.29 is 5.11 Å². The number of aliphatic hydroxyl groups excluding tert-OH is 1. The van der Waals surface area contributed by atoms with E-state index >= 15 is 0 Å². The van der Waals surface area contributed by atoms with Gasteiger partial charge in [-0.15, -0.1) is 11.6 Å². The minimum atomic E-state index is -0.241. The molecule has 0 saturated heterocycles. The first-order valence-electron chi connectivity index (χ1n) is 6.23. The molecule has 16 heavy (non-hydrogen) atoms. The van der Waals surface area contributed by atoms with Crippen LogP contribution in [0.15, 0.2) is 23.8 Å². The van der Waals surface area contributed by atoms with Gasteiger partial charge in [0.15, 0.2) is 0 Å². The zero-order valence-corrected chi connectivity index (χ0v) is 11.0. The zero-order chi connectivity index (χ0) is 12.0. The van der Waals surface area contributed by atoms with Gasteiger partial charge in [-0.25, -0.2) is 0 Å². The van der Waals surface area contributed by atoms with Crippen LogP contribution in [-0.4, -0.2) is 17.1 Å². The lowest BCUT2D eigenvalue weighted by molar-refractivity contribution is 0.188. The molecule has 2 atom stereocenters. The molecule has 0 bridgehead atoms. The van der Waals surface area contributed by atoms with Crippen LogP contribution in [0.1, 0.15) is 45.4 Å². The van der Waals surface area contributed by atoms with Gasteiger partial charge < -0.3 is 5.11 Å². The molecule has 2 heteroatoms. The Labute approximate surface area is 104 Å². The van der Waals surface area contributed by atoms with Gasteiger partial charge in [-0.05, 0) is 56.9 Å². The molecule has 0 heterocycles. The van der Waals surface area contributed by atoms with Crippen molar-refractivity contribution in [2.24, 2.45) is 5.92 Å². The van der Waals surface area contributed by atoms with E-state index < -0.39 is 0 Å². The zero-order valence-electron chi connectivity index (χ0n) is 10.2. The fourth-order valence-corrected chi connectivity index (χ4v) is 2.41. The molecular formula is C14H23ClO. The quantitative estimate of drug-likeness (QED) is 0.423. The van der Waals surface area contributed by atoms with E-state index in [0.29, 0.717) is 11.8 Å². The first kappa shape index (κ1) is 13.8. The van der Waals surface area contributed by atoms with Crippen molar-refractivity contribution >= 4 is 11.6 Å². The maximum Gasteiger partial charge on any atom is 0.0750 e. The van der Waals surface area contributed by atoms with E-state index in [9.17, 15) is 5.11 Å². The van der Waals surface area contributed by atoms with Crippen molar-refractivity contribution in [3.8, 4) is 0 Å². The molecule has 92 valence electrons. The van der Waals surface area contributed by atoms with Crippen LogP contribution in [0.2, 0.25) is 0 Å². The number of unbranched alkanes of at least 4 members (excludes halogenated alkanes) is 1. The highest BCUT2D eigenvalue weighted by Crippen LogP contribution is 2.30. The molecule has 0 aromatic carbocycles. The first-order chi connectivity index (χ1) is 7.65. The van der Waals surface area contributed by atoms with Gasteiger partial charge in [0.25, 0.3) is 0 Å². The van der Waals surface area contributed by atoms with Crippen LogP contribution in [0.25, 0.3) is 0 Å². The summed E-state index contributed by atoms with van der Waals surface area (Å²) in [6.45, 7) is 6.10. The monoisotopic (exact) mass is 242 g/mol. The number of alkyl halides is 1. The SMILES string of the molecule is C=C(C)[C@@H]1CC=C([C@@H](O)CCCCCl)CC1. The summed E-state index contributed by atoms with van der Waals surface area (Å²) in [6, 6.07) is 0. The topological polar surface area (TPSA) is 20.2 Å². The Balaban J connectivity index is 2.35. The van der Waals surface area contributed by atoms with E-state index in [1.807, 2.05) is 0 Å². The molecule has 1 aliphatic rings. The summed E-state index contributed by atoms with van der Waals surface area (Å²) in [7, 11) is 0. The van der Waals surface area contributed by atoms with Gasteiger partial charge in [-0.2, -0.15) is 0 Å². The molecule has 0 amide bonds. The molecule has 0 aromatic heterocycles. The standard InChI is InChI=1S/C14H23ClO/c1-11(2)12-6-8-13(9-7-12)14(16)5-3-4-10-15/h8,12,14,16H,1,3-7,9-10H2,2H3/t12-,14+/m1/s1. The summed E-state index contributed by atoms with van der Waals surface area (Å²) in [5, 5.41) is 9.99. The van der Waals surface area contributed by atoms with E-state index in [0.717, 1.165) is 38.5 Å². The summed E-state index contributed by atoms with van der Waals surface area (Å²) in [6.07, 6.45) is 8.08. The lowest BCUT2D eigenvalue weighted by Gasteiger charge is -2.24. The van der Waals surface area contributed by atoms with Crippen LogP contribution in [0.5, 0.6) is 0 Å². The van der Waals surface area contributed by atoms with Crippen LogP contribution < -0.4 is 0 Å². The van der Waals surface area contributed by atoms with Gasteiger partial charge >= 0.3 is 0 Å². The van der Waals surface area contributed by atoms with Crippen LogP contribution in [0.4, 0.5) is 0 Å². The van der Waals surface area contributed by atoms with Crippen molar-refractivity contribution in [2.45, 2.75) is 51.6 Å². The van der Waals surface area contributed by atoms with E-state index in [4.69, 9.17) is 11.6 Å². The number of hydrogen-bond donors (Lipinski definition) is 1. The third kappa shape index (κ3) is 4.31. The summed E-state index contributed by atoms with van der Waals surface area (Å²) >= 11 is 5.62. The Kier molecular flexibility index (Phi) is 6.15. The molecule has 0 saturated carbocycles. The second-order valence-corrected chi connectivity index (χ2v) is 5.18. The van der Waals surface area contributed by atoms with Crippen molar-refractivity contribution in [1.29, 1.82) is 0 Å². The Morgan fingerprint density at radius 3 is 2.88 bits per heavy atom. The molecule has 1 N–H and O–H groups in total. The number of allylic oxidation sites excluding steroid dienone is 2. The van der Waals surface area contributed by atoms with E-state index in [2.05, 4.69) is 19.6 Å². The second-order valence-electron chi connectivity index (χ2n) is 4.80. The molecule has 0 fully saturated rings. The smallest absolute Gasteiger partial charge is 0.0750 e. The molecule has 0 spiro atoms. The predicted octanol–water partition coefficient (Wildman–Crippen LogP) is 4.06. The average Bonchev–Trinajstić information content (AvgIpc) is 2.29. The molecule has 0 radical (unpaired) electrons. The van der Waals surface area contributed by atoms with Crippen LogP contribution in [-0.2, 0) is 0 Å². The van der Waals surface area contributed by atoms with Gasteiger partial charge in [0.1, 0.15) is 0 Å². The minimum Gasteiger partial charge on any atom is -0.389 e. The number of halogens is 1. The minimum absolute atomic E-state index is 0.241. The third-order valence-electron chi connectivity index (χ3n) is 3.43. The third-order valence-corrected chi connectivity index (χ3v) is 3.70. The fraction of sp³-hybridized carbons (Fsp3) is 0.714. The Morgan fingerprint density at radius 2 is 2.38 bits per heavy atom. The molecule has 0 aliphatic heterocycles. The molecule has 0 unspecified atom stereocenters. The molecule has 0 aromatic rings. The Hall–Kier alpha value is -0.270. The molecule has 1 rings (SSSR count). The molecular weight excluding hydrogens is 220 g/mol. The van der Waals surface area contributed by atoms with Crippen molar-refractivity contribution in [3.05, 3.63) is 23.8 Å². The number of hydrogen-bond acceptors (Lipinski definition) is 1. The molecule has 1 aliphatic carbocycles.